The number of hydrogen-bond donors (Lipinski definition) is 1. The molecule has 0 unspecified atom stereocenters. The normalized spacial score (nSPS) is 10.2. The van der Waals surface area contributed by atoms with Crippen LogP contribution in [0.4, 0.5) is 10.2 Å². The molecule has 0 fully saturated rings. The van der Waals surface area contributed by atoms with Gasteiger partial charge in [-0.3, -0.25) is 0 Å². The van der Waals surface area contributed by atoms with Crippen LogP contribution in [0.2, 0.25) is 0 Å². The minimum Gasteiger partial charge on any atom is -0.485 e. The Morgan fingerprint density at radius 1 is 1.35 bits per heavy atom. The lowest BCUT2D eigenvalue weighted by atomic mass is 10.1. The molecule has 2 aromatic rings. The van der Waals surface area contributed by atoms with Crippen LogP contribution < -0.4 is 10.5 Å². The van der Waals surface area contributed by atoms with Gasteiger partial charge in [-0.1, -0.05) is 6.07 Å². The number of ether oxygens (including phenoxy) is 1. The fourth-order valence-electron chi connectivity index (χ4n) is 1.48. The van der Waals surface area contributed by atoms with Crippen molar-refractivity contribution >= 4 is 5.82 Å². The molecule has 2 rings (SSSR count). The fraction of sp³-hybridized carbons (Fsp3) is 0.154. The van der Waals surface area contributed by atoms with Crippen molar-refractivity contribution in [2.75, 3.05) is 5.73 Å². The van der Waals surface area contributed by atoms with E-state index >= 15 is 0 Å². The summed E-state index contributed by atoms with van der Waals surface area (Å²) in [6.45, 7) is 2.18. The van der Waals surface area contributed by atoms with E-state index < -0.39 is 0 Å². The van der Waals surface area contributed by atoms with Crippen molar-refractivity contribution in [3.05, 3.63) is 53.5 Å². The lowest BCUT2D eigenvalue weighted by molar-refractivity contribution is 0.305. The molecule has 0 saturated carbocycles. The number of aryl methyl sites for hydroxylation is 1. The molecule has 0 spiro atoms. The molecule has 88 valence electrons. The average molecular weight is 232 g/mol. The monoisotopic (exact) mass is 232 g/mol. The summed E-state index contributed by atoms with van der Waals surface area (Å²) in [6.07, 6.45) is 1.59. The second-order valence-electron chi connectivity index (χ2n) is 3.75. The quantitative estimate of drug-likeness (QED) is 0.885. The molecule has 1 aromatic carbocycles. The molecule has 1 heterocycles. The van der Waals surface area contributed by atoms with E-state index in [1.807, 2.05) is 6.92 Å². The number of halogens is 1. The third kappa shape index (κ3) is 2.72. The molecular weight excluding hydrogens is 219 g/mol. The van der Waals surface area contributed by atoms with Crippen molar-refractivity contribution in [1.82, 2.24) is 4.98 Å². The fourth-order valence-corrected chi connectivity index (χ4v) is 1.48. The van der Waals surface area contributed by atoms with E-state index in [4.69, 9.17) is 10.5 Å². The lowest BCUT2D eigenvalue weighted by Crippen LogP contribution is -2.01. The molecule has 2 N–H and O–H groups in total. The van der Waals surface area contributed by atoms with Gasteiger partial charge in [-0.05, 0) is 42.3 Å². The maximum atomic E-state index is 13.1. The summed E-state index contributed by atoms with van der Waals surface area (Å²) >= 11 is 0. The molecule has 17 heavy (non-hydrogen) atoms. The van der Waals surface area contributed by atoms with Gasteiger partial charge in [0.15, 0.2) is 11.6 Å². The van der Waals surface area contributed by atoms with Crippen LogP contribution in [-0.4, -0.2) is 4.98 Å². The molecule has 4 heteroatoms. The first kappa shape index (κ1) is 11.4. The van der Waals surface area contributed by atoms with Crippen LogP contribution in [-0.2, 0) is 6.61 Å². The maximum absolute atomic E-state index is 13.1. The van der Waals surface area contributed by atoms with Gasteiger partial charge in [-0.15, -0.1) is 0 Å². The summed E-state index contributed by atoms with van der Waals surface area (Å²) in [5.74, 6) is 0.575. The van der Waals surface area contributed by atoms with Crippen LogP contribution in [0.25, 0.3) is 0 Å². The number of nitrogen functional groups attached to an aromatic ring is 1. The van der Waals surface area contributed by atoms with Crippen LogP contribution in [0.15, 0.2) is 36.5 Å². The summed E-state index contributed by atoms with van der Waals surface area (Å²) in [6, 6.07) is 8.08. The van der Waals surface area contributed by atoms with E-state index in [1.54, 1.807) is 24.4 Å². The van der Waals surface area contributed by atoms with Gasteiger partial charge < -0.3 is 10.5 Å². The molecular formula is C13H13FN2O. The highest BCUT2D eigenvalue weighted by Gasteiger charge is 2.04. The molecule has 0 aliphatic carbocycles. The van der Waals surface area contributed by atoms with Crippen molar-refractivity contribution in [2.24, 2.45) is 0 Å². The first-order valence-electron chi connectivity index (χ1n) is 5.25. The summed E-state index contributed by atoms with van der Waals surface area (Å²) < 4.78 is 18.6. The highest BCUT2D eigenvalue weighted by atomic mass is 19.1. The van der Waals surface area contributed by atoms with Gasteiger partial charge in [-0.2, -0.15) is 0 Å². The standard InChI is InChI=1S/C13H13FN2O/c1-9-4-5-11(14)7-10(9)8-17-12-3-2-6-16-13(12)15/h2-7H,8H2,1H3,(H2,15,16). The van der Waals surface area contributed by atoms with Crippen LogP contribution in [0.5, 0.6) is 5.75 Å². The van der Waals surface area contributed by atoms with Gasteiger partial charge in [0.25, 0.3) is 0 Å². The Bertz CT molecular complexity index is 529. The number of anilines is 1. The molecule has 3 nitrogen and oxygen atoms in total. The van der Waals surface area contributed by atoms with Gasteiger partial charge in [0.2, 0.25) is 0 Å². The molecule has 0 radical (unpaired) electrons. The van der Waals surface area contributed by atoms with Crippen LogP contribution in [0.3, 0.4) is 0 Å². The SMILES string of the molecule is Cc1ccc(F)cc1COc1cccnc1N. The summed E-state index contributed by atoms with van der Waals surface area (Å²) in [4.78, 5) is 3.91. The number of hydrogen-bond acceptors (Lipinski definition) is 3. The van der Waals surface area contributed by atoms with Crippen molar-refractivity contribution in [3.63, 3.8) is 0 Å². The molecule has 0 atom stereocenters. The predicted molar refractivity (Wildman–Crippen MR) is 64.1 cm³/mol. The van der Waals surface area contributed by atoms with Crippen LogP contribution >= 0.6 is 0 Å². The minimum atomic E-state index is -0.270. The Labute approximate surface area is 99.1 Å². The minimum absolute atomic E-state index is 0.270. The zero-order valence-electron chi connectivity index (χ0n) is 9.48. The smallest absolute Gasteiger partial charge is 0.166 e. The van der Waals surface area contributed by atoms with E-state index in [1.165, 1.54) is 12.1 Å². The maximum Gasteiger partial charge on any atom is 0.166 e. The molecule has 0 aliphatic heterocycles. The highest BCUT2D eigenvalue weighted by molar-refractivity contribution is 5.44. The Kier molecular flexibility index (Phi) is 3.23. The largest absolute Gasteiger partial charge is 0.485 e. The summed E-state index contributed by atoms with van der Waals surface area (Å²) in [5, 5.41) is 0. The van der Waals surface area contributed by atoms with Gasteiger partial charge >= 0.3 is 0 Å². The molecule has 1 aromatic heterocycles. The molecule has 0 amide bonds. The zero-order valence-corrected chi connectivity index (χ0v) is 9.48. The first-order valence-corrected chi connectivity index (χ1v) is 5.25. The van der Waals surface area contributed by atoms with Gasteiger partial charge in [0.1, 0.15) is 12.4 Å². The van der Waals surface area contributed by atoms with Gasteiger partial charge in [0, 0.05) is 6.20 Å². The molecule has 0 bridgehead atoms. The van der Waals surface area contributed by atoms with E-state index in [9.17, 15) is 4.39 Å². The second kappa shape index (κ2) is 4.82. The topological polar surface area (TPSA) is 48.1 Å². The third-order valence-corrected chi connectivity index (χ3v) is 2.49. The van der Waals surface area contributed by atoms with Crippen LogP contribution in [0.1, 0.15) is 11.1 Å². The van der Waals surface area contributed by atoms with Crippen molar-refractivity contribution < 1.29 is 9.13 Å². The average Bonchev–Trinajstić information content (AvgIpc) is 2.32. The van der Waals surface area contributed by atoms with Crippen LogP contribution in [0, 0.1) is 12.7 Å². The third-order valence-electron chi connectivity index (χ3n) is 2.49. The van der Waals surface area contributed by atoms with Gasteiger partial charge in [-0.25, -0.2) is 9.37 Å². The number of aromatic nitrogens is 1. The van der Waals surface area contributed by atoms with Crippen molar-refractivity contribution in [3.8, 4) is 5.75 Å². The Balaban J connectivity index is 2.12. The van der Waals surface area contributed by atoms with Crippen molar-refractivity contribution in [1.29, 1.82) is 0 Å². The predicted octanol–water partition coefficient (Wildman–Crippen LogP) is 2.69. The Morgan fingerprint density at radius 2 is 2.18 bits per heavy atom. The number of rotatable bonds is 3. The van der Waals surface area contributed by atoms with Gasteiger partial charge in [0.05, 0.1) is 0 Å². The van der Waals surface area contributed by atoms with Crippen molar-refractivity contribution in [2.45, 2.75) is 13.5 Å². The second-order valence-corrected chi connectivity index (χ2v) is 3.75. The van der Waals surface area contributed by atoms with E-state index in [-0.39, 0.29) is 12.4 Å². The highest BCUT2D eigenvalue weighted by Crippen LogP contribution is 2.19. The lowest BCUT2D eigenvalue weighted by Gasteiger charge is -2.09. The number of nitrogens with two attached hydrogens (primary N) is 1. The number of pyridine rings is 1. The van der Waals surface area contributed by atoms with E-state index in [0.29, 0.717) is 11.6 Å². The van der Waals surface area contributed by atoms with E-state index in [0.717, 1.165) is 11.1 Å². The molecule has 0 aliphatic rings. The number of nitrogens with zero attached hydrogens (tertiary/aromatic N) is 1. The number of benzene rings is 1. The zero-order chi connectivity index (χ0) is 12.3. The molecule has 0 saturated heterocycles. The summed E-state index contributed by atoms with van der Waals surface area (Å²) in [7, 11) is 0. The Hall–Kier alpha value is -2.10. The first-order chi connectivity index (χ1) is 8.16. The summed E-state index contributed by atoms with van der Waals surface area (Å²) in [5.41, 5.74) is 7.42. The van der Waals surface area contributed by atoms with E-state index in [2.05, 4.69) is 4.98 Å². The Morgan fingerprint density at radius 3 is 2.94 bits per heavy atom.